The van der Waals surface area contributed by atoms with Crippen molar-refractivity contribution in [3.8, 4) is 0 Å². The molecule has 1 heterocycles. The van der Waals surface area contributed by atoms with Crippen molar-refractivity contribution in [2.75, 3.05) is 13.7 Å². The van der Waals surface area contributed by atoms with Gasteiger partial charge in [-0.15, -0.1) is 6.58 Å². The molecule has 0 aromatic rings. The molecular formula is C9H13NO4. The number of esters is 1. The number of carbonyl (C=O) groups is 2. The minimum atomic E-state index is -0.673. The van der Waals surface area contributed by atoms with Gasteiger partial charge in [-0.3, -0.25) is 0 Å². The molecule has 5 heteroatoms. The van der Waals surface area contributed by atoms with Crippen molar-refractivity contribution in [2.45, 2.75) is 12.5 Å². The van der Waals surface area contributed by atoms with Crippen LogP contribution in [0.3, 0.4) is 0 Å². The van der Waals surface area contributed by atoms with E-state index in [1.54, 1.807) is 6.08 Å². The van der Waals surface area contributed by atoms with Gasteiger partial charge in [0, 0.05) is 5.92 Å². The van der Waals surface area contributed by atoms with Crippen LogP contribution in [0.15, 0.2) is 12.7 Å². The lowest BCUT2D eigenvalue weighted by molar-refractivity contribution is -0.151. The minimum absolute atomic E-state index is 0.0876. The first-order valence-corrected chi connectivity index (χ1v) is 4.32. The largest absolute Gasteiger partial charge is 0.464 e. The van der Waals surface area contributed by atoms with Crippen LogP contribution in [0.25, 0.3) is 0 Å². The van der Waals surface area contributed by atoms with Gasteiger partial charge in [0.1, 0.15) is 6.04 Å². The fourth-order valence-corrected chi connectivity index (χ4v) is 1.33. The second kappa shape index (κ2) is 4.64. The molecule has 1 saturated heterocycles. The maximum absolute atomic E-state index is 11.3. The van der Waals surface area contributed by atoms with Crippen LogP contribution in [0, 0.1) is 5.92 Å². The predicted molar refractivity (Wildman–Crippen MR) is 48.6 cm³/mol. The number of hydrogen-bond acceptors (Lipinski definition) is 4. The van der Waals surface area contributed by atoms with E-state index in [-0.39, 0.29) is 5.92 Å². The van der Waals surface area contributed by atoms with Crippen molar-refractivity contribution in [3.63, 3.8) is 0 Å². The Morgan fingerprint density at radius 1 is 1.79 bits per heavy atom. The number of hydrogen-bond donors (Lipinski definition) is 1. The molecule has 78 valence electrons. The monoisotopic (exact) mass is 199 g/mol. The van der Waals surface area contributed by atoms with Gasteiger partial charge in [0.2, 0.25) is 0 Å². The molecule has 1 amide bonds. The Bertz CT molecular complexity index is 251. The molecule has 0 bridgehead atoms. The van der Waals surface area contributed by atoms with E-state index < -0.39 is 18.1 Å². The summed E-state index contributed by atoms with van der Waals surface area (Å²) in [6.07, 6.45) is 1.67. The van der Waals surface area contributed by atoms with Crippen molar-refractivity contribution in [1.29, 1.82) is 0 Å². The van der Waals surface area contributed by atoms with Crippen LogP contribution >= 0.6 is 0 Å². The summed E-state index contributed by atoms with van der Waals surface area (Å²) in [5.41, 5.74) is 0. The highest BCUT2D eigenvalue weighted by Gasteiger charge is 2.33. The molecule has 0 unspecified atom stereocenters. The Kier molecular flexibility index (Phi) is 3.50. The third-order valence-electron chi connectivity index (χ3n) is 2.14. The van der Waals surface area contributed by atoms with Crippen molar-refractivity contribution in [3.05, 3.63) is 12.7 Å². The van der Waals surface area contributed by atoms with Crippen LogP contribution in [0.4, 0.5) is 4.79 Å². The van der Waals surface area contributed by atoms with Crippen LogP contribution in [-0.4, -0.2) is 31.8 Å². The van der Waals surface area contributed by atoms with E-state index in [0.29, 0.717) is 13.0 Å². The normalized spacial score (nSPS) is 26.2. The third-order valence-corrected chi connectivity index (χ3v) is 2.14. The van der Waals surface area contributed by atoms with Gasteiger partial charge in [-0.1, -0.05) is 6.08 Å². The summed E-state index contributed by atoms with van der Waals surface area (Å²) in [6, 6.07) is -0.673. The molecule has 1 rings (SSSR count). The fourth-order valence-electron chi connectivity index (χ4n) is 1.33. The summed E-state index contributed by atoms with van der Waals surface area (Å²) in [5, 5.41) is 2.41. The zero-order valence-electron chi connectivity index (χ0n) is 7.99. The van der Waals surface area contributed by atoms with Gasteiger partial charge >= 0.3 is 12.1 Å². The number of carbonyl (C=O) groups excluding carboxylic acids is 2. The Hall–Kier alpha value is -1.52. The average molecular weight is 199 g/mol. The Balaban J connectivity index is 2.64. The molecule has 14 heavy (non-hydrogen) atoms. The van der Waals surface area contributed by atoms with E-state index in [4.69, 9.17) is 4.74 Å². The number of alkyl carbamates (subject to hydrolysis) is 1. The number of amides is 1. The van der Waals surface area contributed by atoms with E-state index in [1.807, 2.05) is 0 Å². The summed E-state index contributed by atoms with van der Waals surface area (Å²) in [5.74, 6) is -0.526. The lowest BCUT2D eigenvalue weighted by Gasteiger charge is -2.27. The van der Waals surface area contributed by atoms with Crippen LogP contribution in [-0.2, 0) is 14.3 Å². The molecule has 1 N–H and O–H groups in total. The maximum atomic E-state index is 11.3. The van der Waals surface area contributed by atoms with Crippen LogP contribution in [0.1, 0.15) is 6.42 Å². The molecule has 0 aliphatic carbocycles. The third kappa shape index (κ3) is 2.25. The van der Waals surface area contributed by atoms with E-state index in [1.165, 1.54) is 7.11 Å². The van der Waals surface area contributed by atoms with Gasteiger partial charge < -0.3 is 14.8 Å². The summed E-state index contributed by atoms with van der Waals surface area (Å²) < 4.78 is 9.21. The quantitative estimate of drug-likeness (QED) is 0.518. The second-order valence-corrected chi connectivity index (χ2v) is 2.97. The molecule has 0 saturated carbocycles. The lowest BCUT2D eigenvalue weighted by Crippen LogP contribution is -2.49. The van der Waals surface area contributed by atoms with Gasteiger partial charge in [0.05, 0.1) is 13.7 Å². The van der Waals surface area contributed by atoms with Crippen molar-refractivity contribution >= 4 is 12.1 Å². The van der Waals surface area contributed by atoms with Crippen molar-refractivity contribution in [1.82, 2.24) is 5.32 Å². The summed E-state index contributed by atoms with van der Waals surface area (Å²) in [6.45, 7) is 3.97. The second-order valence-electron chi connectivity index (χ2n) is 2.97. The number of cyclic esters (lactones) is 1. The topological polar surface area (TPSA) is 64.6 Å². The van der Waals surface area contributed by atoms with Gasteiger partial charge in [0.15, 0.2) is 0 Å². The summed E-state index contributed by atoms with van der Waals surface area (Å²) in [4.78, 5) is 22.2. The van der Waals surface area contributed by atoms with Crippen molar-refractivity contribution < 1.29 is 19.1 Å². The minimum Gasteiger partial charge on any atom is -0.464 e. The van der Waals surface area contributed by atoms with Gasteiger partial charge in [0.25, 0.3) is 0 Å². The molecule has 5 nitrogen and oxygen atoms in total. The maximum Gasteiger partial charge on any atom is 0.407 e. The van der Waals surface area contributed by atoms with E-state index in [2.05, 4.69) is 16.6 Å². The highest BCUT2D eigenvalue weighted by atomic mass is 16.5. The van der Waals surface area contributed by atoms with Gasteiger partial charge in [-0.25, -0.2) is 9.59 Å². The standard InChI is InChI=1S/C9H13NO4/c1-3-6-4-5-14-8(11)7(6)10-9(12)13-2/h3,6-7H,1,4-5H2,2H3,(H,10,12)/t6-,7+/m1/s1. The SMILES string of the molecule is C=C[C@@H]1CCOC(=O)[C@H]1NC(=O)OC. The molecule has 1 aliphatic heterocycles. The first-order valence-electron chi connectivity index (χ1n) is 4.32. The highest BCUT2D eigenvalue weighted by molar-refractivity contribution is 5.82. The average Bonchev–Trinajstić information content (AvgIpc) is 2.20. The first-order chi connectivity index (χ1) is 6.69. The Morgan fingerprint density at radius 2 is 2.50 bits per heavy atom. The molecule has 1 aliphatic rings. The van der Waals surface area contributed by atoms with Gasteiger partial charge in [-0.05, 0) is 6.42 Å². The number of methoxy groups -OCH3 is 1. The molecular weight excluding hydrogens is 186 g/mol. The molecule has 0 radical (unpaired) electrons. The molecule has 1 fully saturated rings. The van der Waals surface area contributed by atoms with Crippen LogP contribution < -0.4 is 5.32 Å². The van der Waals surface area contributed by atoms with E-state index in [9.17, 15) is 9.59 Å². The number of rotatable bonds is 2. The molecule has 0 aromatic carbocycles. The van der Waals surface area contributed by atoms with E-state index in [0.717, 1.165) is 0 Å². The summed E-state index contributed by atoms with van der Waals surface area (Å²) >= 11 is 0. The molecule has 0 spiro atoms. The zero-order chi connectivity index (χ0) is 10.6. The smallest absolute Gasteiger partial charge is 0.407 e. The Labute approximate surface area is 82.1 Å². The number of nitrogens with one attached hydrogen (secondary N) is 1. The Morgan fingerprint density at radius 3 is 3.07 bits per heavy atom. The summed E-state index contributed by atoms with van der Waals surface area (Å²) in [7, 11) is 1.24. The highest BCUT2D eigenvalue weighted by Crippen LogP contribution is 2.17. The van der Waals surface area contributed by atoms with Crippen molar-refractivity contribution in [2.24, 2.45) is 5.92 Å². The lowest BCUT2D eigenvalue weighted by atomic mass is 9.95. The first kappa shape index (κ1) is 10.6. The molecule has 0 aromatic heterocycles. The van der Waals surface area contributed by atoms with Gasteiger partial charge in [-0.2, -0.15) is 0 Å². The fraction of sp³-hybridized carbons (Fsp3) is 0.556. The van der Waals surface area contributed by atoms with Crippen LogP contribution in [0.5, 0.6) is 0 Å². The number of ether oxygens (including phenoxy) is 2. The van der Waals surface area contributed by atoms with E-state index >= 15 is 0 Å². The predicted octanol–water partition coefficient (Wildman–Crippen LogP) is 0.460. The molecule has 2 atom stereocenters. The van der Waals surface area contributed by atoms with Crippen LogP contribution in [0.2, 0.25) is 0 Å². The zero-order valence-corrected chi connectivity index (χ0v) is 7.99.